The van der Waals surface area contributed by atoms with Crippen LogP contribution in [0.15, 0.2) is 18.2 Å². The molecule has 1 aromatic rings. The highest BCUT2D eigenvalue weighted by Gasteiger charge is 2.52. The highest BCUT2D eigenvalue weighted by atomic mass is 16.5. The lowest BCUT2D eigenvalue weighted by Gasteiger charge is -2.30. The predicted octanol–water partition coefficient (Wildman–Crippen LogP) is 1.34. The quantitative estimate of drug-likeness (QED) is 0.681. The highest BCUT2D eigenvalue weighted by molar-refractivity contribution is 6.08. The molecule has 10 heteroatoms. The molecule has 1 aromatic carbocycles. The number of ether oxygens (including phenoxy) is 2. The first kappa shape index (κ1) is 21.0. The van der Waals surface area contributed by atoms with Crippen LogP contribution in [0.1, 0.15) is 38.5 Å². The maximum Gasteiger partial charge on any atom is 0.344 e. The zero-order valence-corrected chi connectivity index (χ0v) is 17.6. The lowest BCUT2D eigenvalue weighted by Crippen LogP contribution is -2.52. The number of benzene rings is 1. The van der Waals surface area contributed by atoms with Gasteiger partial charge in [-0.3, -0.25) is 19.8 Å². The van der Waals surface area contributed by atoms with Crippen LogP contribution in [0.25, 0.3) is 0 Å². The number of urea groups is 1. The fraction of sp³-hybridized carbons (Fsp3) is 0.524. The minimum absolute atomic E-state index is 0.0189. The van der Waals surface area contributed by atoms with E-state index in [1.165, 1.54) is 19.1 Å². The normalized spacial score (nSPS) is 22.6. The first-order valence-electron chi connectivity index (χ1n) is 10.4. The highest BCUT2D eigenvalue weighted by Crippen LogP contribution is 2.35. The lowest BCUT2D eigenvalue weighted by atomic mass is 9.82. The smallest absolute Gasteiger partial charge is 0.344 e. The van der Waals surface area contributed by atoms with E-state index in [1.807, 2.05) is 0 Å². The molecule has 1 saturated carbocycles. The summed E-state index contributed by atoms with van der Waals surface area (Å²) < 4.78 is 10.5. The Morgan fingerprint density at radius 1 is 1.10 bits per heavy atom. The van der Waals surface area contributed by atoms with Crippen molar-refractivity contribution in [2.75, 3.05) is 25.7 Å². The van der Waals surface area contributed by atoms with Gasteiger partial charge in [-0.2, -0.15) is 5.01 Å². The second-order valence-electron chi connectivity index (χ2n) is 8.13. The molecule has 3 fully saturated rings. The van der Waals surface area contributed by atoms with Gasteiger partial charge in [0.05, 0.1) is 20.1 Å². The first-order chi connectivity index (χ1) is 14.9. The van der Waals surface area contributed by atoms with E-state index >= 15 is 0 Å². The van der Waals surface area contributed by atoms with Gasteiger partial charge in [0.2, 0.25) is 11.8 Å². The second kappa shape index (κ2) is 8.09. The van der Waals surface area contributed by atoms with E-state index < -0.39 is 29.3 Å². The van der Waals surface area contributed by atoms with Gasteiger partial charge >= 0.3 is 6.03 Å². The monoisotopic (exact) mass is 430 g/mol. The number of carbonyl (C=O) groups excluding carboxylic acids is 4. The van der Waals surface area contributed by atoms with E-state index in [9.17, 15) is 19.2 Å². The molecule has 1 atom stereocenters. The number of hydrogen-bond acceptors (Lipinski definition) is 6. The Labute approximate surface area is 179 Å². The van der Waals surface area contributed by atoms with E-state index in [0.717, 1.165) is 24.3 Å². The van der Waals surface area contributed by atoms with E-state index in [0.29, 0.717) is 30.0 Å². The first-order valence-corrected chi connectivity index (χ1v) is 10.4. The topological polar surface area (TPSA) is 117 Å². The van der Waals surface area contributed by atoms with E-state index in [-0.39, 0.29) is 18.9 Å². The van der Waals surface area contributed by atoms with Gasteiger partial charge in [-0.05, 0) is 25.0 Å². The number of hydrazine groups is 1. The Balaban J connectivity index is 1.44. The number of carbonyl (C=O) groups is 4. The van der Waals surface area contributed by atoms with Gasteiger partial charge in [-0.25, -0.2) is 4.79 Å². The number of amides is 5. The van der Waals surface area contributed by atoms with Crippen molar-refractivity contribution in [3.63, 3.8) is 0 Å². The van der Waals surface area contributed by atoms with Crippen molar-refractivity contribution in [2.24, 2.45) is 5.92 Å². The summed E-state index contributed by atoms with van der Waals surface area (Å²) in [6.07, 6.45) is 3.84. The van der Waals surface area contributed by atoms with Crippen molar-refractivity contribution in [1.82, 2.24) is 15.8 Å². The Kier molecular flexibility index (Phi) is 5.47. The molecule has 5 amide bonds. The zero-order chi connectivity index (χ0) is 22.2. The van der Waals surface area contributed by atoms with E-state index in [2.05, 4.69) is 10.7 Å². The molecule has 1 aliphatic carbocycles. The lowest BCUT2D eigenvalue weighted by molar-refractivity contribution is -0.141. The molecular formula is C21H26N4O6. The summed E-state index contributed by atoms with van der Waals surface area (Å²) in [4.78, 5) is 52.1. The average Bonchev–Trinajstić information content (AvgIpc) is 3.27. The minimum atomic E-state index is -0.917. The number of nitrogens with zero attached hydrogens (tertiary/aromatic N) is 2. The number of hydrogen-bond donors (Lipinski definition) is 2. The molecule has 2 N–H and O–H groups in total. The van der Waals surface area contributed by atoms with Crippen molar-refractivity contribution in [1.29, 1.82) is 0 Å². The van der Waals surface area contributed by atoms with Gasteiger partial charge in [0, 0.05) is 24.7 Å². The number of rotatable bonds is 5. The zero-order valence-electron chi connectivity index (χ0n) is 17.6. The van der Waals surface area contributed by atoms with Crippen molar-refractivity contribution in [3.05, 3.63) is 18.2 Å². The van der Waals surface area contributed by atoms with Crippen LogP contribution in [0, 0.1) is 5.92 Å². The number of imide groups is 1. The molecule has 2 saturated heterocycles. The van der Waals surface area contributed by atoms with Gasteiger partial charge in [-0.1, -0.05) is 19.3 Å². The molecule has 2 aliphatic heterocycles. The third-order valence-electron chi connectivity index (χ3n) is 6.27. The maximum atomic E-state index is 12.8. The summed E-state index contributed by atoms with van der Waals surface area (Å²) in [6.45, 7) is 0.134. The van der Waals surface area contributed by atoms with Gasteiger partial charge in [0.25, 0.3) is 5.91 Å². The Bertz CT molecular complexity index is 926. The molecule has 10 nitrogen and oxygen atoms in total. The Morgan fingerprint density at radius 2 is 1.81 bits per heavy atom. The SMILES string of the molecule is COc1ccc(N2CC(C(=O)NN3C(=O)NC4(CCCCC4)C3=O)CC2=O)cc1OC. The molecule has 0 aromatic heterocycles. The molecule has 31 heavy (non-hydrogen) atoms. The minimum Gasteiger partial charge on any atom is -0.493 e. The van der Waals surface area contributed by atoms with Crippen LogP contribution < -0.4 is 25.1 Å². The summed E-state index contributed by atoms with van der Waals surface area (Å²) in [5.41, 5.74) is 2.10. The van der Waals surface area contributed by atoms with Crippen molar-refractivity contribution in [2.45, 2.75) is 44.1 Å². The Hall–Kier alpha value is -3.30. The number of anilines is 1. The summed E-state index contributed by atoms with van der Waals surface area (Å²) in [5.74, 6) is -0.878. The molecule has 1 spiro atoms. The predicted molar refractivity (Wildman–Crippen MR) is 109 cm³/mol. The number of methoxy groups -OCH3 is 2. The van der Waals surface area contributed by atoms with E-state index in [4.69, 9.17) is 9.47 Å². The van der Waals surface area contributed by atoms with Gasteiger partial charge < -0.3 is 19.7 Å². The van der Waals surface area contributed by atoms with Crippen LogP contribution in [0.5, 0.6) is 11.5 Å². The van der Waals surface area contributed by atoms with Gasteiger partial charge in [0.1, 0.15) is 5.54 Å². The second-order valence-corrected chi connectivity index (χ2v) is 8.13. The van der Waals surface area contributed by atoms with Crippen LogP contribution in [-0.2, 0) is 14.4 Å². The fourth-order valence-electron chi connectivity index (χ4n) is 4.54. The molecule has 2 heterocycles. The largest absolute Gasteiger partial charge is 0.493 e. The summed E-state index contributed by atoms with van der Waals surface area (Å²) in [7, 11) is 3.02. The third kappa shape index (κ3) is 3.66. The van der Waals surface area contributed by atoms with E-state index in [1.54, 1.807) is 18.2 Å². The van der Waals surface area contributed by atoms with Gasteiger partial charge in [0.15, 0.2) is 11.5 Å². The van der Waals surface area contributed by atoms with Crippen LogP contribution in [0.3, 0.4) is 0 Å². The molecule has 4 rings (SSSR count). The third-order valence-corrected chi connectivity index (χ3v) is 6.27. The summed E-state index contributed by atoms with van der Waals surface area (Å²) in [5, 5.41) is 3.53. The molecule has 1 unspecified atom stereocenters. The van der Waals surface area contributed by atoms with Crippen LogP contribution in [0.4, 0.5) is 10.5 Å². The summed E-state index contributed by atoms with van der Waals surface area (Å²) >= 11 is 0. The van der Waals surface area contributed by atoms with Crippen molar-refractivity contribution >= 4 is 29.4 Å². The number of nitrogens with one attached hydrogen (secondary N) is 2. The van der Waals surface area contributed by atoms with Crippen molar-refractivity contribution in [3.8, 4) is 11.5 Å². The standard InChI is InChI=1S/C21H26N4O6/c1-30-15-7-6-14(11-16(15)31-2)24-12-13(10-17(24)26)18(27)23-25-19(28)21(22-20(25)29)8-4-3-5-9-21/h6-7,11,13H,3-5,8-10,12H2,1-2H3,(H,22,29)(H,23,27). The average molecular weight is 430 g/mol. The van der Waals surface area contributed by atoms with Gasteiger partial charge in [-0.15, -0.1) is 0 Å². The van der Waals surface area contributed by atoms with Crippen molar-refractivity contribution < 1.29 is 28.7 Å². The maximum absolute atomic E-state index is 12.8. The molecule has 166 valence electrons. The van der Waals surface area contributed by atoms with Crippen LogP contribution in [0.2, 0.25) is 0 Å². The molecule has 0 bridgehead atoms. The Morgan fingerprint density at radius 3 is 2.48 bits per heavy atom. The molecule has 3 aliphatic rings. The summed E-state index contributed by atoms with van der Waals surface area (Å²) in [6, 6.07) is 4.44. The molecular weight excluding hydrogens is 404 g/mol. The molecule has 0 radical (unpaired) electrons. The fourth-order valence-corrected chi connectivity index (χ4v) is 4.54. The van der Waals surface area contributed by atoms with Crippen LogP contribution in [-0.4, -0.2) is 55.1 Å². The van der Waals surface area contributed by atoms with Crippen LogP contribution >= 0.6 is 0 Å².